The number of hydrogen-bond acceptors (Lipinski definition) is 0. The van der Waals surface area contributed by atoms with Crippen LogP contribution in [0, 0.1) is 13.8 Å². The minimum Gasteiger partial charge on any atom is -0.205 e. The Kier molecular flexibility index (Phi) is 2.83. The van der Waals surface area contributed by atoms with E-state index in [-0.39, 0.29) is 5.56 Å². The summed E-state index contributed by atoms with van der Waals surface area (Å²) in [6.07, 6.45) is -2.40. The van der Waals surface area contributed by atoms with Crippen LogP contribution in [0.3, 0.4) is 0 Å². The summed E-state index contributed by atoms with van der Waals surface area (Å²) in [5.41, 5.74) is 1.80. The van der Waals surface area contributed by atoms with E-state index in [1.165, 1.54) is 6.07 Å². The molecule has 1 aromatic carbocycles. The predicted molar refractivity (Wildman–Crippen MR) is 48.6 cm³/mol. The van der Waals surface area contributed by atoms with Gasteiger partial charge in [0.25, 0.3) is 6.43 Å². The minimum absolute atomic E-state index is 0.0764. The monoisotopic (exact) mass is 234 g/mol. The zero-order valence-corrected chi connectivity index (χ0v) is 8.45. The van der Waals surface area contributed by atoms with Gasteiger partial charge in [-0.15, -0.1) is 0 Å². The molecular formula is C9H9BrF2. The lowest BCUT2D eigenvalue weighted by molar-refractivity contribution is 0.150. The highest BCUT2D eigenvalue weighted by molar-refractivity contribution is 9.10. The van der Waals surface area contributed by atoms with Crippen molar-refractivity contribution >= 4 is 15.9 Å². The van der Waals surface area contributed by atoms with Gasteiger partial charge in [0.2, 0.25) is 0 Å². The summed E-state index contributed by atoms with van der Waals surface area (Å²) in [4.78, 5) is 0. The third-order valence-electron chi connectivity index (χ3n) is 1.66. The number of alkyl halides is 2. The average Bonchev–Trinajstić information content (AvgIpc) is 1.96. The van der Waals surface area contributed by atoms with Crippen molar-refractivity contribution < 1.29 is 8.78 Å². The molecule has 0 amide bonds. The Morgan fingerprint density at radius 2 is 1.83 bits per heavy atom. The van der Waals surface area contributed by atoms with Gasteiger partial charge in [0.15, 0.2) is 0 Å². The van der Waals surface area contributed by atoms with Crippen LogP contribution in [0.4, 0.5) is 8.78 Å². The van der Waals surface area contributed by atoms with Gasteiger partial charge < -0.3 is 0 Å². The molecule has 0 unspecified atom stereocenters. The first-order chi connectivity index (χ1) is 5.52. The standard InChI is InChI=1S/C9H9BrF2/c1-5-3-6(2)8(10)7(4-5)9(11)12/h3-4,9H,1-2H3. The lowest BCUT2D eigenvalue weighted by Gasteiger charge is -2.07. The highest BCUT2D eigenvalue weighted by Crippen LogP contribution is 2.30. The van der Waals surface area contributed by atoms with E-state index in [0.29, 0.717) is 4.47 Å². The third-order valence-corrected chi connectivity index (χ3v) is 2.75. The summed E-state index contributed by atoms with van der Waals surface area (Å²) in [7, 11) is 0. The molecule has 0 aliphatic rings. The molecule has 0 atom stereocenters. The lowest BCUT2D eigenvalue weighted by atomic mass is 10.1. The van der Waals surface area contributed by atoms with E-state index in [0.717, 1.165) is 11.1 Å². The van der Waals surface area contributed by atoms with E-state index < -0.39 is 6.43 Å². The summed E-state index contributed by atoms with van der Waals surface area (Å²) in [6, 6.07) is 3.37. The molecule has 3 heteroatoms. The summed E-state index contributed by atoms with van der Waals surface area (Å²) in [5, 5.41) is 0. The second-order valence-corrected chi connectivity index (χ2v) is 3.58. The fourth-order valence-corrected chi connectivity index (χ4v) is 1.54. The first-order valence-corrected chi connectivity index (χ1v) is 4.36. The molecule has 0 N–H and O–H groups in total. The summed E-state index contributed by atoms with van der Waals surface area (Å²) >= 11 is 3.13. The topological polar surface area (TPSA) is 0 Å². The van der Waals surface area contributed by atoms with E-state index in [2.05, 4.69) is 15.9 Å². The maximum atomic E-state index is 12.4. The molecule has 1 aromatic rings. The van der Waals surface area contributed by atoms with Crippen LogP contribution in [0.5, 0.6) is 0 Å². The van der Waals surface area contributed by atoms with Crippen molar-refractivity contribution in [2.45, 2.75) is 20.3 Å². The van der Waals surface area contributed by atoms with Gasteiger partial charge in [0.05, 0.1) is 0 Å². The molecule has 0 spiro atoms. The van der Waals surface area contributed by atoms with Crippen molar-refractivity contribution in [3.05, 3.63) is 33.3 Å². The van der Waals surface area contributed by atoms with Crippen LogP contribution in [-0.4, -0.2) is 0 Å². The van der Waals surface area contributed by atoms with Crippen molar-refractivity contribution in [1.29, 1.82) is 0 Å². The van der Waals surface area contributed by atoms with E-state index in [9.17, 15) is 8.78 Å². The summed E-state index contributed by atoms with van der Waals surface area (Å²) < 4.78 is 25.2. The Hall–Kier alpha value is -0.440. The molecule has 0 radical (unpaired) electrons. The third kappa shape index (κ3) is 1.83. The largest absolute Gasteiger partial charge is 0.264 e. The fraction of sp³-hybridized carbons (Fsp3) is 0.333. The first kappa shape index (κ1) is 9.65. The van der Waals surface area contributed by atoms with Gasteiger partial charge in [-0.05, 0) is 25.5 Å². The fourth-order valence-electron chi connectivity index (χ4n) is 1.14. The SMILES string of the molecule is Cc1cc(C)c(Br)c(C(F)F)c1. The maximum Gasteiger partial charge on any atom is 0.264 e. The normalized spacial score (nSPS) is 10.8. The lowest BCUT2D eigenvalue weighted by Crippen LogP contribution is -1.90. The van der Waals surface area contributed by atoms with Gasteiger partial charge in [-0.25, -0.2) is 8.78 Å². The number of benzene rings is 1. The molecule has 0 saturated heterocycles. The second-order valence-electron chi connectivity index (χ2n) is 2.79. The van der Waals surface area contributed by atoms with Crippen LogP contribution < -0.4 is 0 Å². The smallest absolute Gasteiger partial charge is 0.205 e. The zero-order chi connectivity index (χ0) is 9.30. The predicted octanol–water partition coefficient (Wildman–Crippen LogP) is 4.00. The Morgan fingerprint density at radius 3 is 2.33 bits per heavy atom. The Bertz CT molecular complexity index is 295. The van der Waals surface area contributed by atoms with Gasteiger partial charge in [-0.1, -0.05) is 27.6 Å². The summed E-state index contributed by atoms with van der Waals surface area (Å²) in [6.45, 7) is 3.62. The molecule has 0 aliphatic heterocycles. The van der Waals surface area contributed by atoms with Gasteiger partial charge in [0.1, 0.15) is 0 Å². The molecule has 0 bridgehead atoms. The molecule has 1 rings (SSSR count). The molecule has 0 aromatic heterocycles. The molecular weight excluding hydrogens is 226 g/mol. The van der Waals surface area contributed by atoms with Crippen molar-refractivity contribution in [2.75, 3.05) is 0 Å². The van der Waals surface area contributed by atoms with E-state index in [4.69, 9.17) is 0 Å². The number of hydrogen-bond donors (Lipinski definition) is 0. The minimum atomic E-state index is -2.40. The molecule has 0 aliphatic carbocycles. The Labute approximate surface area is 78.7 Å². The van der Waals surface area contributed by atoms with E-state index >= 15 is 0 Å². The van der Waals surface area contributed by atoms with Crippen molar-refractivity contribution in [2.24, 2.45) is 0 Å². The quantitative estimate of drug-likeness (QED) is 0.689. The van der Waals surface area contributed by atoms with Gasteiger partial charge >= 0.3 is 0 Å². The van der Waals surface area contributed by atoms with E-state index in [1.54, 1.807) is 0 Å². The van der Waals surface area contributed by atoms with Crippen molar-refractivity contribution in [3.63, 3.8) is 0 Å². The zero-order valence-electron chi connectivity index (χ0n) is 6.87. The highest BCUT2D eigenvalue weighted by Gasteiger charge is 2.13. The highest BCUT2D eigenvalue weighted by atomic mass is 79.9. The molecule has 12 heavy (non-hydrogen) atoms. The van der Waals surface area contributed by atoms with Crippen molar-refractivity contribution in [3.8, 4) is 0 Å². The van der Waals surface area contributed by atoms with Crippen LogP contribution in [-0.2, 0) is 0 Å². The molecule has 0 heterocycles. The number of rotatable bonds is 1. The van der Waals surface area contributed by atoms with Crippen LogP contribution in [0.25, 0.3) is 0 Å². The van der Waals surface area contributed by atoms with E-state index in [1.807, 2.05) is 19.9 Å². The molecule has 0 fully saturated rings. The van der Waals surface area contributed by atoms with Crippen LogP contribution in [0.2, 0.25) is 0 Å². The molecule has 66 valence electrons. The Balaban J connectivity index is 3.28. The van der Waals surface area contributed by atoms with Crippen LogP contribution in [0.15, 0.2) is 16.6 Å². The summed E-state index contributed by atoms with van der Waals surface area (Å²) in [5.74, 6) is 0. The van der Waals surface area contributed by atoms with Crippen molar-refractivity contribution in [1.82, 2.24) is 0 Å². The second kappa shape index (κ2) is 3.52. The first-order valence-electron chi connectivity index (χ1n) is 3.57. The Morgan fingerprint density at radius 1 is 1.25 bits per heavy atom. The number of halogens is 3. The van der Waals surface area contributed by atoms with Crippen LogP contribution in [0.1, 0.15) is 23.1 Å². The molecule has 0 saturated carbocycles. The number of aryl methyl sites for hydroxylation is 2. The van der Waals surface area contributed by atoms with Gasteiger partial charge in [-0.3, -0.25) is 0 Å². The maximum absolute atomic E-state index is 12.4. The van der Waals surface area contributed by atoms with Gasteiger partial charge in [-0.2, -0.15) is 0 Å². The van der Waals surface area contributed by atoms with Gasteiger partial charge in [0, 0.05) is 10.0 Å². The average molecular weight is 235 g/mol. The van der Waals surface area contributed by atoms with Crippen LogP contribution >= 0.6 is 15.9 Å². The molecule has 0 nitrogen and oxygen atoms in total.